The summed E-state index contributed by atoms with van der Waals surface area (Å²) in [6, 6.07) is 35.3. The molecule has 7 rings (SSSR count). The molecule has 0 bridgehead atoms. The van der Waals surface area contributed by atoms with Gasteiger partial charge in [0, 0.05) is 54.1 Å². The Labute approximate surface area is 273 Å². The highest BCUT2D eigenvalue weighted by molar-refractivity contribution is 6.05. The molecule has 9 nitrogen and oxygen atoms in total. The molecule has 9 heteroatoms. The molecule has 236 valence electrons. The maximum Gasteiger partial charge on any atom is 0.255 e. The van der Waals surface area contributed by atoms with Crippen molar-refractivity contribution in [3.63, 3.8) is 0 Å². The summed E-state index contributed by atoms with van der Waals surface area (Å²) in [5.41, 5.74) is 6.81. The summed E-state index contributed by atoms with van der Waals surface area (Å²) in [6.07, 6.45) is 1.71. The SMILES string of the molecule is Cc1ccc(CON2CCN(Cc3ccco3)CC2)cc1NC(=O)c1ccc(Nc2nc(-c3ccccc3)c3ccccc3n2)cc1. The fourth-order valence-corrected chi connectivity index (χ4v) is 5.68. The van der Waals surface area contributed by atoms with E-state index in [0.29, 0.717) is 18.1 Å². The quantitative estimate of drug-likeness (QED) is 0.162. The van der Waals surface area contributed by atoms with Gasteiger partial charge < -0.3 is 15.1 Å². The Balaban J connectivity index is 0.963. The predicted octanol–water partition coefficient (Wildman–Crippen LogP) is 7.44. The highest BCUT2D eigenvalue weighted by atomic mass is 16.7. The van der Waals surface area contributed by atoms with Gasteiger partial charge in [-0.1, -0.05) is 60.7 Å². The minimum atomic E-state index is -0.182. The highest BCUT2D eigenvalue weighted by Gasteiger charge is 2.19. The first kappa shape index (κ1) is 30.3. The number of aryl methyl sites for hydroxylation is 1. The third-order valence-corrected chi connectivity index (χ3v) is 8.31. The van der Waals surface area contributed by atoms with Crippen LogP contribution in [0.1, 0.15) is 27.2 Å². The molecule has 0 atom stereocenters. The zero-order valence-corrected chi connectivity index (χ0v) is 26.2. The summed E-state index contributed by atoms with van der Waals surface area (Å²) >= 11 is 0. The molecule has 1 saturated heterocycles. The summed E-state index contributed by atoms with van der Waals surface area (Å²) in [5.74, 6) is 1.29. The first-order valence-corrected chi connectivity index (χ1v) is 15.8. The lowest BCUT2D eigenvalue weighted by atomic mass is 10.1. The molecule has 2 N–H and O–H groups in total. The number of aromatic nitrogens is 2. The van der Waals surface area contributed by atoms with E-state index in [-0.39, 0.29) is 5.91 Å². The molecule has 1 fully saturated rings. The summed E-state index contributed by atoms with van der Waals surface area (Å²) in [6.45, 7) is 6.70. The van der Waals surface area contributed by atoms with Crippen LogP contribution in [-0.2, 0) is 18.0 Å². The minimum absolute atomic E-state index is 0.182. The standard InChI is InChI=1S/C38H36N6O3/c1-27-13-14-28(26-47-44-21-19-43(20-22-44)25-32-10-7-23-46-32)24-35(27)40-37(45)30-15-17-31(18-16-30)39-38-41-34-12-6-5-11-33(34)36(42-38)29-8-3-2-4-9-29/h2-18,23-24H,19-22,25-26H2,1H3,(H,40,45)(H,39,41,42). The van der Waals surface area contributed by atoms with Gasteiger partial charge in [-0.05, 0) is 66.6 Å². The lowest BCUT2D eigenvalue weighted by Gasteiger charge is -2.33. The molecule has 2 aromatic heterocycles. The number of para-hydroxylation sites is 1. The fraction of sp³-hybridized carbons (Fsp3) is 0.184. The Hall–Kier alpha value is -5.35. The van der Waals surface area contributed by atoms with Gasteiger partial charge in [0.15, 0.2) is 0 Å². The van der Waals surface area contributed by atoms with Crippen molar-refractivity contribution < 1.29 is 14.0 Å². The van der Waals surface area contributed by atoms with Crippen molar-refractivity contribution in [1.82, 2.24) is 19.9 Å². The minimum Gasteiger partial charge on any atom is -0.468 e. The van der Waals surface area contributed by atoms with E-state index in [1.54, 1.807) is 18.4 Å². The van der Waals surface area contributed by atoms with Crippen LogP contribution in [0.5, 0.6) is 0 Å². The molecule has 0 saturated carbocycles. The molecule has 0 radical (unpaired) electrons. The number of hydrogen-bond donors (Lipinski definition) is 2. The lowest BCUT2D eigenvalue weighted by Crippen LogP contribution is -2.45. The summed E-state index contributed by atoms with van der Waals surface area (Å²) < 4.78 is 5.48. The predicted molar refractivity (Wildman–Crippen MR) is 184 cm³/mol. The molecule has 1 aliphatic rings. The van der Waals surface area contributed by atoms with Gasteiger partial charge in [0.2, 0.25) is 5.95 Å². The average Bonchev–Trinajstić information content (AvgIpc) is 3.63. The number of benzene rings is 4. The van der Waals surface area contributed by atoms with Crippen molar-refractivity contribution in [1.29, 1.82) is 0 Å². The van der Waals surface area contributed by atoms with Crippen LogP contribution in [-0.4, -0.2) is 52.0 Å². The number of hydrogen-bond acceptors (Lipinski definition) is 8. The first-order valence-electron chi connectivity index (χ1n) is 15.8. The lowest BCUT2D eigenvalue weighted by molar-refractivity contribution is -0.187. The molecule has 4 aromatic carbocycles. The van der Waals surface area contributed by atoms with E-state index in [0.717, 1.165) is 83.1 Å². The molecular formula is C38H36N6O3. The number of anilines is 3. The molecule has 6 aromatic rings. The number of rotatable bonds is 10. The summed E-state index contributed by atoms with van der Waals surface area (Å²) in [4.78, 5) is 31.3. The highest BCUT2D eigenvalue weighted by Crippen LogP contribution is 2.28. The van der Waals surface area contributed by atoms with Crippen LogP contribution in [0.15, 0.2) is 120 Å². The smallest absolute Gasteiger partial charge is 0.255 e. The Morgan fingerprint density at radius 2 is 1.64 bits per heavy atom. The fourth-order valence-electron chi connectivity index (χ4n) is 5.68. The van der Waals surface area contributed by atoms with Crippen LogP contribution >= 0.6 is 0 Å². The zero-order chi connectivity index (χ0) is 32.0. The Bertz CT molecular complexity index is 1950. The van der Waals surface area contributed by atoms with Gasteiger partial charge in [-0.15, -0.1) is 0 Å². The normalized spacial score (nSPS) is 13.9. The van der Waals surface area contributed by atoms with Crippen molar-refractivity contribution in [2.45, 2.75) is 20.1 Å². The monoisotopic (exact) mass is 624 g/mol. The van der Waals surface area contributed by atoms with E-state index in [2.05, 4.69) is 15.5 Å². The van der Waals surface area contributed by atoms with Crippen molar-refractivity contribution in [3.05, 3.63) is 138 Å². The second-order valence-corrected chi connectivity index (χ2v) is 11.6. The number of piperazine rings is 1. The van der Waals surface area contributed by atoms with Crippen molar-refractivity contribution in [2.75, 3.05) is 36.8 Å². The number of nitrogens with one attached hydrogen (secondary N) is 2. The van der Waals surface area contributed by atoms with E-state index < -0.39 is 0 Å². The van der Waals surface area contributed by atoms with Crippen LogP contribution in [0, 0.1) is 6.92 Å². The van der Waals surface area contributed by atoms with E-state index in [1.165, 1.54) is 0 Å². The largest absolute Gasteiger partial charge is 0.468 e. The van der Waals surface area contributed by atoms with Crippen LogP contribution in [0.2, 0.25) is 0 Å². The molecule has 1 amide bonds. The average molecular weight is 625 g/mol. The van der Waals surface area contributed by atoms with Crippen LogP contribution < -0.4 is 10.6 Å². The second kappa shape index (κ2) is 14.0. The summed E-state index contributed by atoms with van der Waals surface area (Å²) in [5, 5.41) is 9.39. The van der Waals surface area contributed by atoms with Crippen molar-refractivity contribution >= 4 is 34.1 Å². The van der Waals surface area contributed by atoms with Gasteiger partial charge in [0.25, 0.3) is 5.91 Å². The van der Waals surface area contributed by atoms with Gasteiger partial charge in [0.1, 0.15) is 5.76 Å². The van der Waals surface area contributed by atoms with Gasteiger partial charge >= 0.3 is 0 Å². The topological polar surface area (TPSA) is 95.8 Å². The van der Waals surface area contributed by atoms with E-state index in [9.17, 15) is 4.79 Å². The van der Waals surface area contributed by atoms with Crippen molar-refractivity contribution in [3.8, 4) is 11.3 Å². The number of hydroxylamine groups is 2. The van der Waals surface area contributed by atoms with Crippen LogP contribution in [0.4, 0.5) is 17.3 Å². The Kier molecular flexibility index (Phi) is 9.01. The maximum atomic E-state index is 13.2. The Morgan fingerprint density at radius 3 is 2.43 bits per heavy atom. The Morgan fingerprint density at radius 1 is 0.851 bits per heavy atom. The van der Waals surface area contributed by atoms with Gasteiger partial charge in [-0.3, -0.25) is 14.5 Å². The van der Waals surface area contributed by atoms with Crippen molar-refractivity contribution in [2.24, 2.45) is 0 Å². The third-order valence-electron chi connectivity index (χ3n) is 8.31. The van der Waals surface area contributed by atoms with Gasteiger partial charge in [0.05, 0.1) is 30.6 Å². The van der Waals surface area contributed by atoms with E-state index in [1.807, 2.05) is 109 Å². The molecule has 1 aliphatic heterocycles. The molecule has 3 heterocycles. The van der Waals surface area contributed by atoms with Crippen LogP contribution in [0.3, 0.4) is 0 Å². The number of furan rings is 1. The molecule has 47 heavy (non-hydrogen) atoms. The van der Waals surface area contributed by atoms with E-state index >= 15 is 0 Å². The van der Waals surface area contributed by atoms with E-state index in [4.69, 9.17) is 19.2 Å². The number of carbonyl (C=O) groups is 1. The molecule has 0 unspecified atom stereocenters. The third kappa shape index (κ3) is 7.39. The summed E-state index contributed by atoms with van der Waals surface area (Å²) in [7, 11) is 0. The molecule has 0 spiro atoms. The molecule has 0 aliphatic carbocycles. The second-order valence-electron chi connectivity index (χ2n) is 11.6. The zero-order valence-electron chi connectivity index (χ0n) is 26.2. The van der Waals surface area contributed by atoms with Crippen LogP contribution in [0.25, 0.3) is 22.2 Å². The van der Waals surface area contributed by atoms with Gasteiger partial charge in [-0.2, -0.15) is 5.06 Å². The first-order chi connectivity index (χ1) is 23.1. The number of nitrogens with zero attached hydrogens (tertiary/aromatic N) is 4. The molecular weight excluding hydrogens is 588 g/mol. The number of fused-ring (bicyclic) bond motifs is 1. The van der Waals surface area contributed by atoms with Gasteiger partial charge in [-0.25, -0.2) is 9.97 Å². The number of carbonyl (C=O) groups excluding carboxylic acids is 1. The number of amides is 1. The maximum absolute atomic E-state index is 13.2.